The average molecular weight is 296 g/mol. The fourth-order valence-electron chi connectivity index (χ4n) is 2.29. The van der Waals surface area contributed by atoms with Gasteiger partial charge in [0.05, 0.1) is 0 Å². The third kappa shape index (κ3) is 2.89. The number of benzene rings is 1. The molecule has 1 aliphatic rings. The van der Waals surface area contributed by atoms with Crippen LogP contribution >= 0.6 is 15.9 Å². The van der Waals surface area contributed by atoms with Crippen LogP contribution in [0.3, 0.4) is 0 Å². The lowest BCUT2D eigenvalue weighted by Gasteiger charge is -2.34. The number of hydrogen-bond acceptors (Lipinski definition) is 1. The summed E-state index contributed by atoms with van der Waals surface area (Å²) < 4.78 is 0. The van der Waals surface area contributed by atoms with Crippen molar-refractivity contribution in [1.82, 2.24) is 4.90 Å². The van der Waals surface area contributed by atoms with Crippen LogP contribution in [0.25, 0.3) is 0 Å². The number of carbonyl (C=O) groups excluding carboxylic acids is 1. The van der Waals surface area contributed by atoms with Gasteiger partial charge in [0.25, 0.3) is 5.91 Å². The van der Waals surface area contributed by atoms with E-state index in [1.165, 1.54) is 12.0 Å². The predicted octanol–water partition coefficient (Wildman–Crippen LogP) is 3.38. The second-order valence-corrected chi connectivity index (χ2v) is 5.32. The lowest BCUT2D eigenvalue weighted by atomic mass is 10.0. The Morgan fingerprint density at radius 3 is 2.71 bits per heavy atom. The fraction of sp³-hybridized carbons (Fsp3) is 0.500. The molecule has 1 unspecified atom stereocenters. The number of carbonyl (C=O) groups is 1. The van der Waals surface area contributed by atoms with Gasteiger partial charge >= 0.3 is 0 Å². The van der Waals surface area contributed by atoms with E-state index in [0.717, 1.165) is 30.3 Å². The van der Waals surface area contributed by atoms with Crippen LogP contribution in [0.4, 0.5) is 0 Å². The lowest BCUT2D eigenvalue weighted by Crippen LogP contribution is -2.44. The van der Waals surface area contributed by atoms with Gasteiger partial charge in [-0.25, -0.2) is 0 Å². The minimum atomic E-state index is 0.175. The van der Waals surface area contributed by atoms with E-state index in [0.29, 0.717) is 6.04 Å². The molecule has 1 fully saturated rings. The smallest absolute Gasteiger partial charge is 0.254 e. The summed E-state index contributed by atoms with van der Waals surface area (Å²) in [4.78, 5) is 14.4. The van der Waals surface area contributed by atoms with Crippen LogP contribution in [0.5, 0.6) is 0 Å². The van der Waals surface area contributed by atoms with E-state index in [9.17, 15) is 4.79 Å². The molecule has 17 heavy (non-hydrogen) atoms. The highest BCUT2D eigenvalue weighted by Gasteiger charge is 2.26. The Hall–Kier alpha value is -0.830. The molecule has 1 atom stereocenters. The molecule has 0 spiro atoms. The standard InChI is InChI=1S/C14H18BrNO/c1-11-5-7-12(8-6-11)14(17)16-9-3-2-4-13(16)10-15/h5-8,13H,2-4,9-10H2,1H3. The van der Waals surface area contributed by atoms with E-state index in [1.54, 1.807) is 0 Å². The van der Waals surface area contributed by atoms with Crippen LogP contribution < -0.4 is 0 Å². The normalized spacial score (nSPS) is 20.4. The van der Waals surface area contributed by atoms with Crippen LogP contribution in [-0.2, 0) is 0 Å². The monoisotopic (exact) mass is 295 g/mol. The largest absolute Gasteiger partial charge is 0.335 e. The Morgan fingerprint density at radius 1 is 1.35 bits per heavy atom. The van der Waals surface area contributed by atoms with Gasteiger partial charge in [-0.2, -0.15) is 0 Å². The fourth-order valence-corrected chi connectivity index (χ4v) is 2.96. The maximum absolute atomic E-state index is 12.4. The molecule has 0 saturated carbocycles. The van der Waals surface area contributed by atoms with E-state index in [-0.39, 0.29) is 5.91 Å². The first kappa shape index (κ1) is 12.6. The zero-order chi connectivity index (χ0) is 12.3. The van der Waals surface area contributed by atoms with Crippen LogP contribution in [0.2, 0.25) is 0 Å². The van der Waals surface area contributed by atoms with Crippen molar-refractivity contribution >= 4 is 21.8 Å². The minimum absolute atomic E-state index is 0.175. The van der Waals surface area contributed by atoms with Gasteiger partial charge in [0, 0.05) is 23.5 Å². The van der Waals surface area contributed by atoms with Crippen LogP contribution in [0, 0.1) is 6.92 Å². The Balaban J connectivity index is 2.15. The summed E-state index contributed by atoms with van der Waals surface area (Å²) in [5.41, 5.74) is 2.00. The molecular weight excluding hydrogens is 278 g/mol. The number of piperidine rings is 1. The Labute approximate surface area is 111 Å². The van der Waals surface area contributed by atoms with Gasteiger partial charge in [0.2, 0.25) is 0 Å². The molecule has 1 aromatic rings. The van der Waals surface area contributed by atoms with Gasteiger partial charge in [0.15, 0.2) is 0 Å². The number of likely N-dealkylation sites (tertiary alicyclic amines) is 1. The summed E-state index contributed by atoms with van der Waals surface area (Å²) in [6.45, 7) is 2.93. The Bertz CT molecular complexity index is 388. The van der Waals surface area contributed by atoms with Crippen LogP contribution in [-0.4, -0.2) is 28.7 Å². The lowest BCUT2D eigenvalue weighted by molar-refractivity contribution is 0.0642. The molecule has 0 radical (unpaired) electrons. The number of alkyl halides is 1. The Kier molecular flexibility index (Phi) is 4.21. The van der Waals surface area contributed by atoms with E-state index in [2.05, 4.69) is 15.9 Å². The van der Waals surface area contributed by atoms with Crippen molar-refractivity contribution in [3.63, 3.8) is 0 Å². The number of rotatable bonds is 2. The number of aryl methyl sites for hydroxylation is 1. The first-order valence-electron chi connectivity index (χ1n) is 6.16. The number of halogens is 1. The number of hydrogen-bond donors (Lipinski definition) is 0. The molecule has 2 nitrogen and oxygen atoms in total. The summed E-state index contributed by atoms with van der Waals surface area (Å²) >= 11 is 3.51. The zero-order valence-electron chi connectivity index (χ0n) is 10.2. The first-order valence-corrected chi connectivity index (χ1v) is 7.28. The molecule has 2 rings (SSSR count). The molecule has 3 heteroatoms. The van der Waals surface area contributed by atoms with Crippen molar-refractivity contribution in [2.75, 3.05) is 11.9 Å². The van der Waals surface area contributed by atoms with Crippen molar-refractivity contribution in [2.45, 2.75) is 32.2 Å². The predicted molar refractivity (Wildman–Crippen MR) is 73.6 cm³/mol. The number of amides is 1. The van der Waals surface area contributed by atoms with Crippen molar-refractivity contribution in [3.05, 3.63) is 35.4 Å². The molecule has 0 aliphatic carbocycles. The highest BCUT2D eigenvalue weighted by molar-refractivity contribution is 9.09. The van der Waals surface area contributed by atoms with Gasteiger partial charge in [0.1, 0.15) is 0 Å². The molecule has 0 aromatic heterocycles. The van der Waals surface area contributed by atoms with Crippen LogP contribution in [0.15, 0.2) is 24.3 Å². The van der Waals surface area contributed by atoms with Gasteiger partial charge in [-0.05, 0) is 38.3 Å². The van der Waals surface area contributed by atoms with Gasteiger partial charge < -0.3 is 4.90 Å². The SMILES string of the molecule is Cc1ccc(C(=O)N2CCCCC2CBr)cc1. The second kappa shape index (κ2) is 5.67. The van der Waals surface area contributed by atoms with Crippen molar-refractivity contribution in [3.8, 4) is 0 Å². The topological polar surface area (TPSA) is 20.3 Å². The minimum Gasteiger partial charge on any atom is -0.335 e. The van der Waals surface area contributed by atoms with E-state index >= 15 is 0 Å². The molecule has 1 aromatic carbocycles. The van der Waals surface area contributed by atoms with Crippen molar-refractivity contribution in [2.24, 2.45) is 0 Å². The van der Waals surface area contributed by atoms with E-state index in [1.807, 2.05) is 36.1 Å². The molecule has 1 saturated heterocycles. The third-order valence-corrected chi connectivity index (χ3v) is 4.11. The molecule has 1 aliphatic heterocycles. The Morgan fingerprint density at radius 2 is 2.06 bits per heavy atom. The quantitative estimate of drug-likeness (QED) is 0.766. The van der Waals surface area contributed by atoms with Gasteiger partial charge in [-0.3, -0.25) is 4.79 Å². The molecule has 1 heterocycles. The molecule has 1 amide bonds. The molecule has 0 N–H and O–H groups in total. The highest BCUT2D eigenvalue weighted by Crippen LogP contribution is 2.21. The molecule has 92 valence electrons. The highest BCUT2D eigenvalue weighted by atomic mass is 79.9. The first-order chi connectivity index (χ1) is 8.22. The summed E-state index contributed by atoms with van der Waals surface area (Å²) in [5, 5.41) is 0.880. The van der Waals surface area contributed by atoms with Gasteiger partial charge in [-0.15, -0.1) is 0 Å². The van der Waals surface area contributed by atoms with E-state index < -0.39 is 0 Å². The molecule has 0 bridgehead atoms. The molecular formula is C14H18BrNO. The second-order valence-electron chi connectivity index (χ2n) is 4.67. The summed E-state index contributed by atoms with van der Waals surface area (Å²) in [5.74, 6) is 0.175. The maximum Gasteiger partial charge on any atom is 0.254 e. The summed E-state index contributed by atoms with van der Waals surface area (Å²) in [6.07, 6.45) is 3.47. The average Bonchev–Trinajstić information content (AvgIpc) is 2.39. The number of nitrogens with zero attached hydrogens (tertiary/aromatic N) is 1. The zero-order valence-corrected chi connectivity index (χ0v) is 11.7. The van der Waals surface area contributed by atoms with E-state index in [4.69, 9.17) is 0 Å². The van der Waals surface area contributed by atoms with Crippen molar-refractivity contribution in [1.29, 1.82) is 0 Å². The van der Waals surface area contributed by atoms with Gasteiger partial charge in [-0.1, -0.05) is 33.6 Å². The summed E-state index contributed by atoms with van der Waals surface area (Å²) in [7, 11) is 0. The summed E-state index contributed by atoms with van der Waals surface area (Å²) in [6, 6.07) is 8.22. The van der Waals surface area contributed by atoms with Crippen molar-refractivity contribution < 1.29 is 4.79 Å². The third-order valence-electron chi connectivity index (χ3n) is 3.36. The maximum atomic E-state index is 12.4. The van der Waals surface area contributed by atoms with Crippen LogP contribution in [0.1, 0.15) is 35.2 Å².